The number of benzene rings is 1. The van der Waals surface area contributed by atoms with Crippen molar-refractivity contribution in [1.82, 2.24) is 10.3 Å². The van der Waals surface area contributed by atoms with Crippen molar-refractivity contribution in [3.63, 3.8) is 0 Å². The van der Waals surface area contributed by atoms with Gasteiger partial charge >= 0.3 is 0 Å². The van der Waals surface area contributed by atoms with Gasteiger partial charge in [-0.15, -0.1) is 0 Å². The van der Waals surface area contributed by atoms with Crippen LogP contribution in [0.1, 0.15) is 15.9 Å². The standard InChI is InChI=1S/C13H9Cl2N3O3/c14-9-3-1-8(2-4-9)6-17-13(19)10-5-12(15)16-7-11(10)18(20)21/h1-5,7H,6H2,(H,17,19). The van der Waals surface area contributed by atoms with E-state index < -0.39 is 16.5 Å². The number of hydrogen-bond acceptors (Lipinski definition) is 4. The lowest BCUT2D eigenvalue weighted by atomic mass is 10.2. The van der Waals surface area contributed by atoms with Gasteiger partial charge < -0.3 is 5.32 Å². The van der Waals surface area contributed by atoms with E-state index in [1.54, 1.807) is 24.3 Å². The zero-order valence-electron chi connectivity index (χ0n) is 10.5. The Bertz CT molecular complexity index is 690. The number of amides is 1. The van der Waals surface area contributed by atoms with E-state index in [0.717, 1.165) is 17.8 Å². The maximum absolute atomic E-state index is 12.0. The van der Waals surface area contributed by atoms with Crippen LogP contribution in [0, 0.1) is 10.1 Å². The molecule has 0 atom stereocenters. The van der Waals surface area contributed by atoms with E-state index in [2.05, 4.69) is 10.3 Å². The Hall–Kier alpha value is -2.18. The number of nitro groups is 1. The van der Waals surface area contributed by atoms with E-state index in [9.17, 15) is 14.9 Å². The molecule has 1 heterocycles. The molecule has 108 valence electrons. The predicted octanol–water partition coefficient (Wildman–Crippen LogP) is 3.23. The Labute approximate surface area is 129 Å². The van der Waals surface area contributed by atoms with Crippen molar-refractivity contribution < 1.29 is 9.72 Å². The van der Waals surface area contributed by atoms with Crippen LogP contribution in [0.5, 0.6) is 0 Å². The van der Waals surface area contributed by atoms with Crippen molar-refractivity contribution in [3.05, 3.63) is 67.9 Å². The first-order valence-electron chi connectivity index (χ1n) is 5.80. The van der Waals surface area contributed by atoms with E-state index in [4.69, 9.17) is 23.2 Å². The highest BCUT2D eigenvalue weighted by molar-refractivity contribution is 6.30. The summed E-state index contributed by atoms with van der Waals surface area (Å²) in [6.45, 7) is 0.215. The molecule has 8 heteroatoms. The van der Waals surface area contributed by atoms with E-state index in [-0.39, 0.29) is 17.3 Å². The van der Waals surface area contributed by atoms with Crippen LogP contribution in [0.3, 0.4) is 0 Å². The van der Waals surface area contributed by atoms with Crippen LogP contribution < -0.4 is 5.32 Å². The van der Waals surface area contributed by atoms with E-state index in [0.29, 0.717) is 5.02 Å². The third-order valence-corrected chi connectivity index (χ3v) is 3.12. The highest BCUT2D eigenvalue weighted by Gasteiger charge is 2.21. The summed E-state index contributed by atoms with van der Waals surface area (Å²) in [5, 5.41) is 14.1. The molecule has 2 aromatic rings. The zero-order valence-corrected chi connectivity index (χ0v) is 12.1. The topological polar surface area (TPSA) is 85.1 Å². The van der Waals surface area contributed by atoms with Crippen molar-refractivity contribution in [2.24, 2.45) is 0 Å². The molecule has 6 nitrogen and oxygen atoms in total. The molecule has 0 radical (unpaired) electrons. The lowest BCUT2D eigenvalue weighted by molar-refractivity contribution is -0.385. The van der Waals surface area contributed by atoms with E-state index in [1.165, 1.54) is 0 Å². The average Bonchev–Trinajstić information content (AvgIpc) is 2.46. The molecule has 2 rings (SSSR count). The fourth-order valence-electron chi connectivity index (χ4n) is 1.63. The van der Waals surface area contributed by atoms with Crippen LogP contribution in [0.25, 0.3) is 0 Å². The predicted molar refractivity (Wildman–Crippen MR) is 78.5 cm³/mol. The van der Waals surface area contributed by atoms with Crippen LogP contribution in [0.15, 0.2) is 36.5 Å². The van der Waals surface area contributed by atoms with Crippen LogP contribution in [-0.4, -0.2) is 15.8 Å². The van der Waals surface area contributed by atoms with Gasteiger partial charge in [-0.3, -0.25) is 14.9 Å². The molecule has 21 heavy (non-hydrogen) atoms. The molecule has 1 aromatic carbocycles. The number of pyridine rings is 1. The first-order chi connectivity index (χ1) is 9.97. The molecule has 0 saturated heterocycles. The number of nitrogens with zero attached hydrogens (tertiary/aromatic N) is 2. The average molecular weight is 326 g/mol. The Kier molecular flexibility index (Phi) is 4.72. The molecular formula is C13H9Cl2N3O3. The van der Waals surface area contributed by atoms with Crippen LogP contribution in [0.4, 0.5) is 5.69 Å². The molecule has 0 unspecified atom stereocenters. The number of hydrogen-bond donors (Lipinski definition) is 1. The second-order valence-corrected chi connectivity index (χ2v) is 4.91. The summed E-state index contributed by atoms with van der Waals surface area (Å²) in [7, 11) is 0. The summed E-state index contributed by atoms with van der Waals surface area (Å²) in [6, 6.07) is 8.04. The SMILES string of the molecule is O=C(NCc1ccc(Cl)cc1)c1cc(Cl)ncc1[N+](=O)[O-]. The van der Waals surface area contributed by atoms with Crippen molar-refractivity contribution in [2.45, 2.75) is 6.54 Å². The summed E-state index contributed by atoms with van der Waals surface area (Å²) in [4.78, 5) is 25.8. The van der Waals surface area contributed by atoms with Gasteiger partial charge in [-0.1, -0.05) is 35.3 Å². The maximum atomic E-state index is 12.0. The maximum Gasteiger partial charge on any atom is 0.300 e. The molecule has 0 saturated carbocycles. The number of carbonyl (C=O) groups excluding carboxylic acids is 1. The molecule has 0 fully saturated rings. The Morgan fingerprint density at radius 2 is 1.95 bits per heavy atom. The number of rotatable bonds is 4. The third kappa shape index (κ3) is 3.90. The quantitative estimate of drug-likeness (QED) is 0.531. The molecule has 1 N–H and O–H groups in total. The molecule has 1 aromatic heterocycles. The van der Waals surface area contributed by atoms with Crippen molar-refractivity contribution in [3.8, 4) is 0 Å². The van der Waals surface area contributed by atoms with Crippen molar-refractivity contribution >= 4 is 34.8 Å². The highest BCUT2D eigenvalue weighted by Crippen LogP contribution is 2.20. The Morgan fingerprint density at radius 1 is 1.29 bits per heavy atom. The fourth-order valence-corrected chi connectivity index (χ4v) is 1.91. The Morgan fingerprint density at radius 3 is 2.57 bits per heavy atom. The molecule has 0 aliphatic heterocycles. The normalized spacial score (nSPS) is 10.2. The number of aromatic nitrogens is 1. The number of halogens is 2. The van der Waals surface area contributed by atoms with Gasteiger partial charge in [0, 0.05) is 11.6 Å². The van der Waals surface area contributed by atoms with Gasteiger partial charge in [0.1, 0.15) is 16.9 Å². The summed E-state index contributed by atoms with van der Waals surface area (Å²) in [6.07, 6.45) is 0.958. The summed E-state index contributed by atoms with van der Waals surface area (Å²) in [5.41, 5.74) is 0.289. The fraction of sp³-hybridized carbons (Fsp3) is 0.0769. The second-order valence-electron chi connectivity index (χ2n) is 4.09. The number of nitrogens with one attached hydrogen (secondary N) is 1. The van der Waals surface area contributed by atoms with Gasteiger partial charge in [-0.05, 0) is 23.8 Å². The van der Waals surface area contributed by atoms with E-state index >= 15 is 0 Å². The minimum absolute atomic E-state index is 0.0113. The third-order valence-electron chi connectivity index (χ3n) is 2.66. The zero-order chi connectivity index (χ0) is 15.4. The monoisotopic (exact) mass is 325 g/mol. The van der Waals surface area contributed by atoms with Gasteiger partial charge in [0.2, 0.25) is 0 Å². The molecule has 1 amide bonds. The van der Waals surface area contributed by atoms with Gasteiger partial charge in [-0.2, -0.15) is 0 Å². The Balaban J connectivity index is 2.15. The second kappa shape index (κ2) is 6.51. The minimum Gasteiger partial charge on any atom is -0.348 e. The van der Waals surface area contributed by atoms with Gasteiger partial charge in [0.05, 0.1) is 4.92 Å². The summed E-state index contributed by atoms with van der Waals surface area (Å²) < 4.78 is 0. The molecule has 0 aliphatic carbocycles. The smallest absolute Gasteiger partial charge is 0.300 e. The lowest BCUT2D eigenvalue weighted by Gasteiger charge is -2.06. The van der Waals surface area contributed by atoms with Crippen molar-refractivity contribution in [1.29, 1.82) is 0 Å². The van der Waals surface area contributed by atoms with Crippen LogP contribution >= 0.6 is 23.2 Å². The molecular weight excluding hydrogens is 317 g/mol. The first kappa shape index (κ1) is 15.2. The molecule has 0 spiro atoms. The lowest BCUT2D eigenvalue weighted by Crippen LogP contribution is -2.23. The van der Waals surface area contributed by atoms with Crippen LogP contribution in [-0.2, 0) is 6.54 Å². The first-order valence-corrected chi connectivity index (χ1v) is 6.55. The van der Waals surface area contributed by atoms with Gasteiger partial charge in [0.15, 0.2) is 0 Å². The van der Waals surface area contributed by atoms with Gasteiger partial charge in [0.25, 0.3) is 11.6 Å². The minimum atomic E-state index is -0.680. The van der Waals surface area contributed by atoms with Crippen LogP contribution in [0.2, 0.25) is 10.2 Å². The molecule has 0 aliphatic rings. The van der Waals surface area contributed by atoms with E-state index in [1.807, 2.05) is 0 Å². The molecule has 0 bridgehead atoms. The highest BCUT2D eigenvalue weighted by atomic mass is 35.5. The van der Waals surface area contributed by atoms with Gasteiger partial charge in [-0.25, -0.2) is 4.98 Å². The summed E-state index contributed by atoms with van der Waals surface area (Å²) in [5.74, 6) is -0.596. The summed E-state index contributed by atoms with van der Waals surface area (Å²) >= 11 is 11.4. The number of carbonyl (C=O) groups is 1. The van der Waals surface area contributed by atoms with Crippen molar-refractivity contribution in [2.75, 3.05) is 0 Å². The largest absolute Gasteiger partial charge is 0.348 e.